The van der Waals surface area contributed by atoms with E-state index < -0.39 is 5.97 Å². The van der Waals surface area contributed by atoms with Gasteiger partial charge in [-0.1, -0.05) is 0 Å². The Hall–Kier alpha value is -0.940. The lowest BCUT2D eigenvalue weighted by Crippen LogP contribution is -2.14. The lowest BCUT2D eigenvalue weighted by Gasteiger charge is -2.06. The summed E-state index contributed by atoms with van der Waals surface area (Å²) in [4.78, 5) is 18.5. The van der Waals surface area contributed by atoms with Gasteiger partial charge in [0.15, 0.2) is 0 Å². The zero-order valence-electron chi connectivity index (χ0n) is 10.3. The van der Waals surface area contributed by atoms with Gasteiger partial charge >= 0.3 is 5.97 Å². The number of rotatable bonds is 6. The molecular formula is C12H18N2O2S. The molecule has 0 unspecified atom stereocenters. The van der Waals surface area contributed by atoms with Crippen LogP contribution in [-0.2, 0) is 17.6 Å². The number of thiazole rings is 1. The molecule has 0 aromatic carbocycles. The summed E-state index contributed by atoms with van der Waals surface area (Å²) in [6, 6.07) is 0. The molecular weight excluding hydrogens is 236 g/mol. The van der Waals surface area contributed by atoms with Crippen molar-refractivity contribution in [3.8, 4) is 0 Å². The maximum absolute atomic E-state index is 10.8. The smallest absolute Gasteiger partial charge is 0.308 e. The number of aliphatic carboxylic acids is 1. The predicted molar refractivity (Wildman–Crippen MR) is 67.7 cm³/mol. The Kier molecular flexibility index (Phi) is 3.79. The van der Waals surface area contributed by atoms with E-state index in [0.717, 1.165) is 28.5 Å². The summed E-state index contributed by atoms with van der Waals surface area (Å²) < 4.78 is 0. The Bertz CT molecular complexity index is 411. The topological polar surface area (TPSA) is 53.4 Å². The van der Waals surface area contributed by atoms with Crippen LogP contribution in [0.3, 0.4) is 0 Å². The number of carbonyl (C=O) groups is 1. The summed E-state index contributed by atoms with van der Waals surface area (Å²) in [5.41, 5.74) is 1.06. The Labute approximate surface area is 105 Å². The van der Waals surface area contributed by atoms with Crippen LogP contribution in [0.4, 0.5) is 0 Å². The monoisotopic (exact) mass is 254 g/mol. The first kappa shape index (κ1) is 12.5. The van der Waals surface area contributed by atoms with E-state index in [0.29, 0.717) is 5.92 Å². The molecule has 0 spiro atoms. The second-order valence-electron chi connectivity index (χ2n) is 4.81. The van der Waals surface area contributed by atoms with Crippen LogP contribution in [0.1, 0.15) is 34.3 Å². The van der Waals surface area contributed by atoms with Crippen molar-refractivity contribution in [2.24, 2.45) is 0 Å². The molecule has 1 aromatic rings. The van der Waals surface area contributed by atoms with Crippen molar-refractivity contribution >= 4 is 17.3 Å². The molecule has 0 radical (unpaired) electrons. The van der Waals surface area contributed by atoms with Gasteiger partial charge in [0.2, 0.25) is 0 Å². The van der Waals surface area contributed by atoms with Gasteiger partial charge in [-0.25, -0.2) is 4.98 Å². The van der Waals surface area contributed by atoms with Crippen molar-refractivity contribution in [1.29, 1.82) is 0 Å². The molecule has 1 fully saturated rings. The molecule has 94 valence electrons. The number of nitrogens with zero attached hydrogens (tertiary/aromatic N) is 2. The molecule has 2 rings (SSSR count). The van der Waals surface area contributed by atoms with Crippen LogP contribution in [-0.4, -0.2) is 41.6 Å². The quantitative estimate of drug-likeness (QED) is 0.840. The summed E-state index contributed by atoms with van der Waals surface area (Å²) in [6.07, 6.45) is 3.38. The van der Waals surface area contributed by atoms with E-state index in [2.05, 4.69) is 9.88 Å². The molecule has 0 atom stereocenters. The molecule has 4 nitrogen and oxygen atoms in total. The van der Waals surface area contributed by atoms with E-state index >= 15 is 0 Å². The molecule has 17 heavy (non-hydrogen) atoms. The molecule has 5 heteroatoms. The Morgan fingerprint density at radius 1 is 1.53 bits per heavy atom. The van der Waals surface area contributed by atoms with E-state index in [1.54, 1.807) is 11.3 Å². The average molecular weight is 254 g/mol. The van der Waals surface area contributed by atoms with E-state index in [9.17, 15) is 4.79 Å². The summed E-state index contributed by atoms with van der Waals surface area (Å²) >= 11 is 1.58. The average Bonchev–Trinajstić information content (AvgIpc) is 2.98. The number of carboxylic acid groups (broad SMARTS) is 1. The van der Waals surface area contributed by atoms with Crippen LogP contribution in [0.2, 0.25) is 0 Å². The van der Waals surface area contributed by atoms with Crippen molar-refractivity contribution in [3.63, 3.8) is 0 Å². The van der Waals surface area contributed by atoms with Crippen LogP contribution >= 0.6 is 11.3 Å². The third-order valence-electron chi connectivity index (χ3n) is 2.82. The first-order chi connectivity index (χ1) is 8.06. The fraction of sp³-hybridized carbons (Fsp3) is 0.667. The first-order valence-corrected chi connectivity index (χ1v) is 6.73. The van der Waals surface area contributed by atoms with Gasteiger partial charge in [-0.05, 0) is 26.9 Å². The molecule has 1 N–H and O–H groups in total. The summed E-state index contributed by atoms with van der Waals surface area (Å²) in [7, 11) is 4.07. The van der Waals surface area contributed by atoms with E-state index in [-0.39, 0.29) is 6.42 Å². The zero-order chi connectivity index (χ0) is 12.4. The molecule has 0 aliphatic heterocycles. The summed E-state index contributed by atoms with van der Waals surface area (Å²) in [5, 5.41) is 9.97. The highest BCUT2D eigenvalue weighted by atomic mass is 32.1. The number of likely N-dealkylation sites (N-methyl/N-ethyl adjacent to an activating group) is 1. The first-order valence-electron chi connectivity index (χ1n) is 5.91. The molecule has 1 aromatic heterocycles. The molecule has 0 saturated heterocycles. The Balaban J connectivity index is 2.09. The van der Waals surface area contributed by atoms with Crippen LogP contribution < -0.4 is 0 Å². The van der Waals surface area contributed by atoms with Crippen LogP contribution in [0.25, 0.3) is 0 Å². The highest BCUT2D eigenvalue weighted by Gasteiger charge is 2.30. The third-order valence-corrected chi connectivity index (χ3v) is 3.95. The second kappa shape index (κ2) is 5.14. The lowest BCUT2D eigenvalue weighted by molar-refractivity contribution is -0.136. The van der Waals surface area contributed by atoms with Crippen molar-refractivity contribution in [1.82, 2.24) is 9.88 Å². The van der Waals surface area contributed by atoms with Crippen LogP contribution in [0.5, 0.6) is 0 Å². The van der Waals surface area contributed by atoms with Gasteiger partial charge in [0.05, 0.1) is 17.1 Å². The van der Waals surface area contributed by atoms with Gasteiger partial charge in [-0.3, -0.25) is 4.79 Å². The number of aromatic nitrogens is 1. The van der Waals surface area contributed by atoms with Crippen molar-refractivity contribution < 1.29 is 9.90 Å². The van der Waals surface area contributed by atoms with E-state index in [4.69, 9.17) is 5.11 Å². The van der Waals surface area contributed by atoms with Crippen LogP contribution in [0, 0.1) is 0 Å². The number of hydrogen-bond donors (Lipinski definition) is 1. The predicted octanol–water partition coefficient (Wildman–Crippen LogP) is 1.75. The lowest BCUT2D eigenvalue weighted by atomic mass is 10.2. The normalized spacial score (nSPS) is 15.5. The molecule has 0 bridgehead atoms. The SMILES string of the molecule is CN(C)CCc1nc(C2CC2)c(CC(=O)O)s1. The van der Waals surface area contributed by atoms with Gasteiger partial charge in [0, 0.05) is 23.8 Å². The van der Waals surface area contributed by atoms with Gasteiger partial charge in [0.1, 0.15) is 0 Å². The highest BCUT2D eigenvalue weighted by molar-refractivity contribution is 7.11. The van der Waals surface area contributed by atoms with E-state index in [1.807, 2.05) is 14.1 Å². The molecule has 1 heterocycles. The van der Waals surface area contributed by atoms with Crippen molar-refractivity contribution in [3.05, 3.63) is 15.6 Å². The largest absolute Gasteiger partial charge is 0.481 e. The van der Waals surface area contributed by atoms with Crippen molar-refractivity contribution in [2.75, 3.05) is 20.6 Å². The maximum Gasteiger partial charge on any atom is 0.308 e. The molecule has 1 aliphatic rings. The Morgan fingerprint density at radius 2 is 2.24 bits per heavy atom. The van der Waals surface area contributed by atoms with Crippen molar-refractivity contribution in [2.45, 2.75) is 31.6 Å². The Morgan fingerprint density at radius 3 is 2.76 bits per heavy atom. The standard InChI is InChI=1S/C12H18N2O2S/c1-14(2)6-5-10-13-12(8-3-4-8)9(17-10)7-11(15)16/h8H,3-7H2,1-2H3,(H,15,16). The minimum absolute atomic E-state index is 0.130. The van der Waals surface area contributed by atoms with Gasteiger partial charge in [-0.15, -0.1) is 11.3 Å². The number of carboxylic acids is 1. The van der Waals surface area contributed by atoms with Gasteiger partial charge in [-0.2, -0.15) is 0 Å². The molecule has 1 aliphatic carbocycles. The molecule has 0 amide bonds. The summed E-state index contributed by atoms with van der Waals surface area (Å²) in [6.45, 7) is 0.962. The van der Waals surface area contributed by atoms with Gasteiger partial charge < -0.3 is 10.0 Å². The number of hydrogen-bond acceptors (Lipinski definition) is 4. The minimum atomic E-state index is -0.755. The summed E-state index contributed by atoms with van der Waals surface area (Å²) in [5.74, 6) is -0.219. The second-order valence-corrected chi connectivity index (χ2v) is 5.98. The fourth-order valence-electron chi connectivity index (χ4n) is 1.78. The van der Waals surface area contributed by atoms with E-state index in [1.165, 1.54) is 12.8 Å². The van der Waals surface area contributed by atoms with Gasteiger partial charge in [0.25, 0.3) is 0 Å². The maximum atomic E-state index is 10.8. The highest BCUT2D eigenvalue weighted by Crippen LogP contribution is 2.42. The fourth-order valence-corrected chi connectivity index (χ4v) is 2.91. The molecule has 1 saturated carbocycles. The zero-order valence-corrected chi connectivity index (χ0v) is 11.1. The minimum Gasteiger partial charge on any atom is -0.481 e. The third kappa shape index (κ3) is 3.51. The van der Waals surface area contributed by atoms with Crippen LogP contribution in [0.15, 0.2) is 0 Å².